The third kappa shape index (κ3) is 5.79. The Bertz CT molecular complexity index is 1330. The van der Waals surface area contributed by atoms with E-state index < -0.39 is 0 Å². The van der Waals surface area contributed by atoms with Crippen LogP contribution in [0.5, 0.6) is 0 Å². The van der Waals surface area contributed by atoms with Gasteiger partial charge in [0.2, 0.25) is 5.91 Å². The Labute approximate surface area is 270 Å². The minimum absolute atomic E-state index is 0.0357. The molecule has 7 rings (SSSR count). The van der Waals surface area contributed by atoms with Crippen molar-refractivity contribution in [3.63, 3.8) is 0 Å². The number of carbonyl (C=O) groups excluding carboxylic acids is 1. The monoisotopic (exact) mass is 616 g/mol. The quantitative estimate of drug-likeness (QED) is 0.325. The van der Waals surface area contributed by atoms with Gasteiger partial charge in [0.15, 0.2) is 0 Å². The molecule has 7 nitrogen and oxygen atoms in total. The van der Waals surface area contributed by atoms with Gasteiger partial charge in [-0.1, -0.05) is 63.2 Å². The van der Waals surface area contributed by atoms with Gasteiger partial charge in [-0.3, -0.25) is 9.48 Å². The lowest BCUT2D eigenvalue weighted by molar-refractivity contribution is -0.139. The summed E-state index contributed by atoms with van der Waals surface area (Å²) < 4.78 is 15.1. The molecule has 2 aromatic rings. The average Bonchev–Trinajstić information content (AvgIpc) is 3.70. The zero-order chi connectivity index (χ0) is 31.3. The van der Waals surface area contributed by atoms with Gasteiger partial charge in [0.1, 0.15) is 5.69 Å². The molecule has 1 aliphatic heterocycles. The topological polar surface area (TPSA) is 78.3 Å². The summed E-state index contributed by atoms with van der Waals surface area (Å²) >= 11 is 0. The van der Waals surface area contributed by atoms with Gasteiger partial charge in [0, 0.05) is 19.2 Å². The highest BCUT2D eigenvalue weighted by Crippen LogP contribution is 2.70. The number of hydrogen-bond donors (Lipinski definition) is 1. The van der Waals surface area contributed by atoms with Crippen LogP contribution in [-0.2, 0) is 34.5 Å². The van der Waals surface area contributed by atoms with E-state index in [9.17, 15) is 4.79 Å². The maximum Gasteiger partial charge on any atom is 0.223 e. The van der Waals surface area contributed by atoms with E-state index in [1.165, 1.54) is 56.9 Å². The molecule has 2 heterocycles. The number of ether oxygens (including phenoxy) is 2. The van der Waals surface area contributed by atoms with E-state index in [-0.39, 0.29) is 17.9 Å². The zero-order valence-corrected chi connectivity index (χ0v) is 28.3. The zero-order valence-electron chi connectivity index (χ0n) is 28.3. The van der Waals surface area contributed by atoms with Crippen molar-refractivity contribution in [3.8, 4) is 0 Å². The average molecular weight is 617 g/mol. The molecule has 1 aromatic carbocycles. The lowest BCUT2D eigenvalue weighted by Gasteiger charge is -2.61. The molecule has 246 valence electrons. The summed E-state index contributed by atoms with van der Waals surface area (Å²) in [6.07, 6.45) is 15.3. The van der Waals surface area contributed by atoms with Crippen LogP contribution in [0.1, 0.15) is 103 Å². The molecule has 0 unspecified atom stereocenters. The SMILES string of the molecule is C[C@H]1[C@H]2[C@H](C[C@H]3[C@@H]4CC[C@@H]5C[C@@H](OCc6ccccc6)CC[C@]5(C)[C@H]4CC[C@]23C)O[C@@H]1CC[C@H](C)C(=O)NCc1cn(C)nn1. The van der Waals surface area contributed by atoms with Crippen LogP contribution in [0.3, 0.4) is 0 Å². The van der Waals surface area contributed by atoms with Crippen molar-refractivity contribution in [3.05, 3.63) is 47.8 Å². The van der Waals surface area contributed by atoms with Crippen molar-refractivity contribution < 1.29 is 14.3 Å². The fraction of sp³-hybridized carbons (Fsp3) is 0.763. The van der Waals surface area contributed by atoms with Gasteiger partial charge in [-0.05, 0) is 116 Å². The largest absolute Gasteiger partial charge is 0.374 e. The summed E-state index contributed by atoms with van der Waals surface area (Å²) in [6.45, 7) is 11.0. The molecule has 0 radical (unpaired) electrons. The van der Waals surface area contributed by atoms with Crippen LogP contribution >= 0.6 is 0 Å². The summed E-state index contributed by atoms with van der Waals surface area (Å²) in [7, 11) is 1.84. The maximum atomic E-state index is 12.8. The van der Waals surface area contributed by atoms with Crippen LogP contribution in [0.15, 0.2) is 36.5 Å². The Morgan fingerprint density at radius 3 is 2.67 bits per heavy atom. The van der Waals surface area contributed by atoms with Crippen molar-refractivity contribution in [2.24, 2.45) is 59.3 Å². The number of benzene rings is 1. The molecule has 45 heavy (non-hydrogen) atoms. The lowest BCUT2D eigenvalue weighted by Crippen LogP contribution is -2.54. The number of aryl methyl sites for hydroxylation is 1. The molecule has 4 aliphatic carbocycles. The second kappa shape index (κ2) is 12.4. The van der Waals surface area contributed by atoms with Crippen LogP contribution in [0.2, 0.25) is 0 Å². The standard InChI is InChI=1S/C38H56N4O3/c1-24(36(43)39-21-28-22-42(5)41-40-28)11-14-33-25(2)35-34(45-33)20-32-30-13-12-27-19-29(44-23-26-9-7-6-8-10-26)15-17-37(27,3)31(30)16-18-38(32,35)4/h6-10,22,24-25,27,29-35H,11-21,23H2,1-5H3,(H,39,43)/t24-,25+,27+,29-,30+,31-,32-,33+,34-,35-,37-,38-/m0/s1. The number of aromatic nitrogens is 3. The van der Waals surface area contributed by atoms with Crippen LogP contribution in [0, 0.1) is 52.3 Å². The number of amides is 1. The number of hydrogen-bond acceptors (Lipinski definition) is 5. The van der Waals surface area contributed by atoms with Gasteiger partial charge < -0.3 is 14.8 Å². The minimum Gasteiger partial charge on any atom is -0.374 e. The van der Waals surface area contributed by atoms with E-state index >= 15 is 0 Å². The second-order valence-electron chi connectivity index (χ2n) is 16.3. The first-order valence-corrected chi connectivity index (χ1v) is 18.1. The van der Waals surface area contributed by atoms with Crippen molar-refractivity contribution in [2.75, 3.05) is 0 Å². The van der Waals surface area contributed by atoms with Gasteiger partial charge in [-0.25, -0.2) is 0 Å². The van der Waals surface area contributed by atoms with Crippen LogP contribution in [0.4, 0.5) is 0 Å². The van der Waals surface area contributed by atoms with E-state index in [4.69, 9.17) is 9.47 Å². The van der Waals surface area contributed by atoms with Crippen molar-refractivity contribution in [1.82, 2.24) is 20.3 Å². The van der Waals surface area contributed by atoms with Crippen molar-refractivity contribution in [1.29, 1.82) is 0 Å². The van der Waals surface area contributed by atoms with E-state index in [0.29, 0.717) is 41.4 Å². The highest BCUT2D eigenvalue weighted by Gasteiger charge is 2.65. The molecule has 5 aliphatic rings. The molecule has 5 fully saturated rings. The van der Waals surface area contributed by atoms with Gasteiger partial charge in [-0.2, -0.15) is 0 Å². The number of carbonyl (C=O) groups is 1. The first-order valence-electron chi connectivity index (χ1n) is 18.1. The predicted octanol–water partition coefficient (Wildman–Crippen LogP) is 7.11. The Morgan fingerprint density at radius 1 is 1.09 bits per heavy atom. The van der Waals surface area contributed by atoms with Crippen molar-refractivity contribution >= 4 is 5.91 Å². The lowest BCUT2D eigenvalue weighted by atomic mass is 9.44. The minimum atomic E-state index is -0.0357. The highest BCUT2D eigenvalue weighted by atomic mass is 16.5. The summed E-state index contributed by atoms with van der Waals surface area (Å²) in [5, 5.41) is 11.1. The second-order valence-corrected chi connectivity index (χ2v) is 16.3. The van der Waals surface area contributed by atoms with E-state index in [0.717, 1.165) is 48.8 Å². The maximum absolute atomic E-state index is 12.8. The first kappa shape index (κ1) is 31.4. The normalized spacial score (nSPS) is 41.0. The smallest absolute Gasteiger partial charge is 0.223 e. The summed E-state index contributed by atoms with van der Waals surface area (Å²) in [4.78, 5) is 12.8. The molecule has 1 amide bonds. The van der Waals surface area contributed by atoms with Gasteiger partial charge in [0.05, 0.1) is 31.5 Å². The van der Waals surface area contributed by atoms with E-state index in [1.807, 2.05) is 20.2 Å². The molecule has 12 atom stereocenters. The molecule has 1 aromatic heterocycles. The number of nitrogens with one attached hydrogen (secondary N) is 1. The molecule has 0 spiro atoms. The van der Waals surface area contributed by atoms with Gasteiger partial charge in [0.25, 0.3) is 0 Å². The first-order chi connectivity index (χ1) is 21.7. The van der Waals surface area contributed by atoms with E-state index in [2.05, 4.69) is 66.7 Å². The van der Waals surface area contributed by atoms with Crippen LogP contribution in [0.25, 0.3) is 0 Å². The highest BCUT2D eigenvalue weighted by molar-refractivity contribution is 5.78. The number of nitrogens with zero attached hydrogens (tertiary/aromatic N) is 3. The van der Waals surface area contributed by atoms with E-state index in [1.54, 1.807) is 4.68 Å². The molecule has 1 saturated heterocycles. The third-order valence-electron chi connectivity index (χ3n) is 14.0. The fourth-order valence-electron chi connectivity index (χ4n) is 11.5. The van der Waals surface area contributed by atoms with Gasteiger partial charge in [-0.15, -0.1) is 5.10 Å². The van der Waals surface area contributed by atoms with Crippen LogP contribution in [-0.4, -0.2) is 39.2 Å². The summed E-state index contributed by atoms with van der Waals surface area (Å²) in [6, 6.07) is 10.7. The molecular weight excluding hydrogens is 560 g/mol. The number of fused-ring (bicyclic) bond motifs is 7. The van der Waals surface area contributed by atoms with Crippen molar-refractivity contribution in [2.45, 2.75) is 123 Å². The summed E-state index contributed by atoms with van der Waals surface area (Å²) in [5.74, 6) is 4.58. The molecule has 4 saturated carbocycles. The Balaban J connectivity index is 0.930. The summed E-state index contributed by atoms with van der Waals surface area (Å²) in [5.41, 5.74) is 2.94. The Kier molecular flexibility index (Phi) is 8.65. The molecule has 0 bridgehead atoms. The molecular formula is C38H56N4O3. The third-order valence-corrected chi connectivity index (χ3v) is 14.0. The van der Waals surface area contributed by atoms with Crippen LogP contribution < -0.4 is 5.32 Å². The molecule has 1 N–H and O–H groups in total. The number of rotatable bonds is 9. The Morgan fingerprint density at radius 2 is 1.89 bits per heavy atom. The fourth-order valence-corrected chi connectivity index (χ4v) is 11.5. The molecule has 7 heteroatoms. The van der Waals surface area contributed by atoms with Gasteiger partial charge >= 0.3 is 0 Å². The Hall–Kier alpha value is -2.25. The predicted molar refractivity (Wildman–Crippen MR) is 175 cm³/mol.